The van der Waals surface area contributed by atoms with Gasteiger partial charge in [-0.1, -0.05) is 19.8 Å². The van der Waals surface area contributed by atoms with Gasteiger partial charge in [-0.15, -0.1) is 0 Å². The second kappa shape index (κ2) is 6.69. The molecule has 5 heteroatoms. The predicted molar refractivity (Wildman–Crippen MR) is 89.3 cm³/mol. The summed E-state index contributed by atoms with van der Waals surface area (Å²) in [4.78, 5) is 0. The molecule has 2 unspecified atom stereocenters. The van der Waals surface area contributed by atoms with E-state index < -0.39 is 10.0 Å². The molecule has 1 fully saturated rings. The third kappa shape index (κ3) is 5.23. The maximum atomic E-state index is 11.3. The second-order valence-corrected chi connectivity index (χ2v) is 8.17. The number of hydrogen-bond acceptors (Lipinski definition) is 3. The Labute approximate surface area is 128 Å². The molecule has 0 amide bonds. The van der Waals surface area contributed by atoms with Gasteiger partial charge in [-0.05, 0) is 55.4 Å². The number of aryl methyl sites for hydroxylation is 1. The smallest absolute Gasteiger partial charge is 0.229 e. The Morgan fingerprint density at radius 3 is 2.67 bits per heavy atom. The van der Waals surface area contributed by atoms with Crippen LogP contribution < -0.4 is 10.0 Å². The van der Waals surface area contributed by atoms with Gasteiger partial charge in [-0.25, -0.2) is 8.42 Å². The fourth-order valence-electron chi connectivity index (χ4n) is 3.10. The minimum absolute atomic E-state index is 0.648. The van der Waals surface area contributed by atoms with Crippen LogP contribution in [-0.4, -0.2) is 21.2 Å². The number of hydrogen-bond donors (Lipinski definition) is 2. The van der Waals surface area contributed by atoms with Crippen molar-refractivity contribution in [2.24, 2.45) is 11.8 Å². The Morgan fingerprint density at radius 1 is 1.29 bits per heavy atom. The maximum Gasteiger partial charge on any atom is 0.229 e. The van der Waals surface area contributed by atoms with Crippen LogP contribution in [-0.2, 0) is 10.0 Å². The van der Waals surface area contributed by atoms with Crippen LogP contribution in [0.3, 0.4) is 0 Å². The van der Waals surface area contributed by atoms with Crippen LogP contribution in [0.25, 0.3) is 0 Å². The first-order valence-electron chi connectivity index (χ1n) is 7.66. The van der Waals surface area contributed by atoms with Gasteiger partial charge in [0.25, 0.3) is 0 Å². The van der Waals surface area contributed by atoms with Crippen molar-refractivity contribution in [3.05, 3.63) is 23.8 Å². The maximum absolute atomic E-state index is 11.3. The van der Waals surface area contributed by atoms with Crippen molar-refractivity contribution in [1.29, 1.82) is 0 Å². The highest BCUT2D eigenvalue weighted by molar-refractivity contribution is 7.92. The van der Waals surface area contributed by atoms with Crippen molar-refractivity contribution in [3.63, 3.8) is 0 Å². The Hall–Kier alpha value is -1.23. The van der Waals surface area contributed by atoms with Gasteiger partial charge in [0.15, 0.2) is 0 Å². The molecule has 2 N–H and O–H groups in total. The number of benzene rings is 1. The molecule has 1 aliphatic carbocycles. The van der Waals surface area contributed by atoms with Gasteiger partial charge < -0.3 is 5.32 Å². The molecule has 1 aromatic carbocycles. The first-order chi connectivity index (χ1) is 9.83. The molecule has 0 aromatic heterocycles. The van der Waals surface area contributed by atoms with Crippen molar-refractivity contribution >= 4 is 21.4 Å². The van der Waals surface area contributed by atoms with E-state index in [1.165, 1.54) is 31.9 Å². The summed E-state index contributed by atoms with van der Waals surface area (Å²) in [6, 6.07) is 5.76. The number of rotatable bonds is 5. The fraction of sp³-hybridized carbons (Fsp3) is 0.625. The van der Waals surface area contributed by atoms with E-state index in [0.29, 0.717) is 5.69 Å². The van der Waals surface area contributed by atoms with E-state index in [1.54, 1.807) is 0 Å². The zero-order valence-electron chi connectivity index (χ0n) is 13.1. The minimum Gasteiger partial charge on any atom is -0.385 e. The van der Waals surface area contributed by atoms with Crippen molar-refractivity contribution in [1.82, 2.24) is 0 Å². The van der Waals surface area contributed by atoms with Crippen LogP contribution in [0.1, 0.15) is 38.2 Å². The molecule has 0 spiro atoms. The quantitative estimate of drug-likeness (QED) is 0.873. The topological polar surface area (TPSA) is 58.2 Å². The van der Waals surface area contributed by atoms with E-state index in [0.717, 1.165) is 29.6 Å². The molecule has 0 radical (unpaired) electrons. The SMILES string of the molecule is Cc1cc(NCC2CCCC(C)C2)ccc1NS(C)(=O)=O. The second-order valence-electron chi connectivity index (χ2n) is 6.42. The number of nitrogens with one attached hydrogen (secondary N) is 2. The molecular weight excluding hydrogens is 284 g/mol. The van der Waals surface area contributed by atoms with Crippen LogP contribution in [0.4, 0.5) is 11.4 Å². The van der Waals surface area contributed by atoms with E-state index in [9.17, 15) is 8.42 Å². The molecule has 2 rings (SSSR count). The lowest BCUT2D eigenvalue weighted by atomic mass is 9.82. The monoisotopic (exact) mass is 310 g/mol. The Kier molecular flexibility index (Phi) is 5.14. The molecule has 1 aliphatic rings. The molecule has 1 saturated carbocycles. The van der Waals surface area contributed by atoms with Gasteiger partial charge >= 0.3 is 0 Å². The third-order valence-corrected chi connectivity index (χ3v) is 4.75. The molecule has 0 heterocycles. The molecular formula is C16H26N2O2S. The van der Waals surface area contributed by atoms with Gasteiger partial charge in [-0.3, -0.25) is 4.72 Å². The first kappa shape index (κ1) is 16.1. The van der Waals surface area contributed by atoms with Crippen LogP contribution >= 0.6 is 0 Å². The van der Waals surface area contributed by atoms with Crippen LogP contribution in [0.5, 0.6) is 0 Å². The third-order valence-electron chi connectivity index (χ3n) is 4.16. The Bertz CT molecular complexity index is 584. The largest absolute Gasteiger partial charge is 0.385 e. The molecule has 4 nitrogen and oxygen atoms in total. The average Bonchev–Trinajstić information content (AvgIpc) is 2.38. The highest BCUT2D eigenvalue weighted by atomic mass is 32.2. The van der Waals surface area contributed by atoms with E-state index in [4.69, 9.17) is 0 Å². The lowest BCUT2D eigenvalue weighted by Crippen LogP contribution is -2.21. The lowest BCUT2D eigenvalue weighted by Gasteiger charge is -2.27. The zero-order valence-corrected chi connectivity index (χ0v) is 14.0. The van der Waals surface area contributed by atoms with Crippen LogP contribution in [0.2, 0.25) is 0 Å². The Balaban J connectivity index is 1.94. The normalized spacial score (nSPS) is 22.8. The Morgan fingerprint density at radius 2 is 2.05 bits per heavy atom. The van der Waals surface area contributed by atoms with Crippen LogP contribution in [0, 0.1) is 18.8 Å². The summed E-state index contributed by atoms with van der Waals surface area (Å²) in [5.41, 5.74) is 2.64. The number of sulfonamides is 1. The zero-order chi connectivity index (χ0) is 15.5. The standard InChI is InChI=1S/C16H26N2O2S/c1-12-5-4-6-14(9-12)11-17-15-7-8-16(13(2)10-15)18-21(3,19)20/h7-8,10,12,14,17-18H,4-6,9,11H2,1-3H3. The predicted octanol–water partition coefficient (Wildman–Crippen LogP) is 3.60. The average molecular weight is 310 g/mol. The van der Waals surface area contributed by atoms with E-state index in [1.807, 2.05) is 25.1 Å². The summed E-state index contributed by atoms with van der Waals surface area (Å²) in [6.45, 7) is 5.26. The summed E-state index contributed by atoms with van der Waals surface area (Å²) in [5, 5.41) is 3.49. The van der Waals surface area contributed by atoms with Crippen molar-refractivity contribution in [2.75, 3.05) is 22.8 Å². The van der Waals surface area contributed by atoms with Gasteiger partial charge in [0, 0.05) is 12.2 Å². The summed E-state index contributed by atoms with van der Waals surface area (Å²) < 4.78 is 25.1. The molecule has 2 atom stereocenters. The molecule has 0 bridgehead atoms. The van der Waals surface area contributed by atoms with Crippen molar-refractivity contribution < 1.29 is 8.42 Å². The van der Waals surface area contributed by atoms with E-state index in [-0.39, 0.29) is 0 Å². The van der Waals surface area contributed by atoms with Crippen molar-refractivity contribution in [2.45, 2.75) is 39.5 Å². The van der Waals surface area contributed by atoms with Gasteiger partial charge in [0.2, 0.25) is 10.0 Å². The summed E-state index contributed by atoms with van der Waals surface area (Å²) in [6.07, 6.45) is 6.48. The summed E-state index contributed by atoms with van der Waals surface area (Å²) >= 11 is 0. The van der Waals surface area contributed by atoms with E-state index in [2.05, 4.69) is 17.0 Å². The first-order valence-corrected chi connectivity index (χ1v) is 9.55. The summed E-state index contributed by atoms with van der Waals surface area (Å²) in [7, 11) is -3.22. The van der Waals surface area contributed by atoms with Gasteiger partial charge in [-0.2, -0.15) is 0 Å². The van der Waals surface area contributed by atoms with Crippen LogP contribution in [0.15, 0.2) is 18.2 Å². The van der Waals surface area contributed by atoms with Gasteiger partial charge in [0.1, 0.15) is 0 Å². The fourth-order valence-corrected chi connectivity index (χ4v) is 3.72. The molecule has 0 saturated heterocycles. The molecule has 118 valence electrons. The highest BCUT2D eigenvalue weighted by Crippen LogP contribution is 2.29. The molecule has 0 aliphatic heterocycles. The lowest BCUT2D eigenvalue weighted by molar-refractivity contribution is 0.293. The van der Waals surface area contributed by atoms with Crippen molar-refractivity contribution in [3.8, 4) is 0 Å². The molecule has 21 heavy (non-hydrogen) atoms. The van der Waals surface area contributed by atoms with Gasteiger partial charge in [0.05, 0.1) is 11.9 Å². The molecule has 1 aromatic rings. The minimum atomic E-state index is -3.22. The van der Waals surface area contributed by atoms with E-state index >= 15 is 0 Å². The summed E-state index contributed by atoms with van der Waals surface area (Å²) in [5.74, 6) is 1.59. The highest BCUT2D eigenvalue weighted by Gasteiger charge is 2.18. The number of anilines is 2.